The molecule has 0 bridgehead atoms. The zero-order valence-corrected chi connectivity index (χ0v) is 13.1. The number of hydrogen-bond acceptors (Lipinski definition) is 2. The Morgan fingerprint density at radius 2 is 1.84 bits per heavy atom. The highest BCUT2D eigenvalue weighted by Crippen LogP contribution is 2.20. The van der Waals surface area contributed by atoms with Crippen LogP contribution in [0.15, 0.2) is 28.7 Å². The molecule has 4 nitrogen and oxygen atoms in total. The molecule has 5 heteroatoms. The number of halogens is 1. The van der Waals surface area contributed by atoms with E-state index in [2.05, 4.69) is 15.9 Å². The number of hydrogen-bond donors (Lipinski definition) is 0. The van der Waals surface area contributed by atoms with E-state index >= 15 is 0 Å². The van der Waals surface area contributed by atoms with Gasteiger partial charge in [0.25, 0.3) is 0 Å². The van der Waals surface area contributed by atoms with Crippen molar-refractivity contribution in [2.75, 3.05) is 24.5 Å². The SMILES string of the molecule is CCN(CC)C(=O)CN(C(C)=O)c1cccc(Br)c1. The number of amides is 2. The molecule has 1 aromatic rings. The lowest BCUT2D eigenvalue weighted by atomic mass is 10.2. The van der Waals surface area contributed by atoms with Gasteiger partial charge in [0.1, 0.15) is 6.54 Å². The molecule has 0 unspecified atom stereocenters. The third-order valence-electron chi connectivity index (χ3n) is 2.91. The molecule has 0 saturated heterocycles. The Morgan fingerprint density at radius 3 is 2.32 bits per heavy atom. The second kappa shape index (κ2) is 7.28. The summed E-state index contributed by atoms with van der Waals surface area (Å²) in [6, 6.07) is 7.38. The van der Waals surface area contributed by atoms with E-state index < -0.39 is 0 Å². The fourth-order valence-electron chi connectivity index (χ4n) is 1.84. The zero-order valence-electron chi connectivity index (χ0n) is 11.5. The summed E-state index contributed by atoms with van der Waals surface area (Å²) in [5.41, 5.74) is 0.724. The smallest absolute Gasteiger partial charge is 0.242 e. The maximum absolute atomic E-state index is 12.1. The number of benzene rings is 1. The van der Waals surface area contributed by atoms with Crippen molar-refractivity contribution in [1.82, 2.24) is 4.90 Å². The van der Waals surface area contributed by atoms with E-state index in [0.717, 1.165) is 10.2 Å². The first kappa shape index (κ1) is 15.7. The van der Waals surface area contributed by atoms with Gasteiger partial charge in [-0.25, -0.2) is 0 Å². The van der Waals surface area contributed by atoms with Gasteiger partial charge in [-0.05, 0) is 32.0 Å². The number of rotatable bonds is 5. The van der Waals surface area contributed by atoms with Crippen LogP contribution in [-0.2, 0) is 9.59 Å². The molecule has 0 N–H and O–H groups in total. The molecule has 0 radical (unpaired) electrons. The standard InChI is InChI=1S/C14H19BrN2O2/c1-4-16(5-2)14(19)10-17(11(3)18)13-8-6-7-12(15)9-13/h6-9H,4-5,10H2,1-3H3. The molecule has 0 fully saturated rings. The molecule has 104 valence electrons. The van der Waals surface area contributed by atoms with Gasteiger partial charge in [-0.3, -0.25) is 9.59 Å². The molecule has 0 aliphatic heterocycles. The molecule has 1 aromatic carbocycles. The molecule has 19 heavy (non-hydrogen) atoms. The average Bonchev–Trinajstić information content (AvgIpc) is 2.37. The molecule has 0 aliphatic rings. The third kappa shape index (κ3) is 4.35. The van der Waals surface area contributed by atoms with Crippen LogP contribution in [0.1, 0.15) is 20.8 Å². The van der Waals surface area contributed by atoms with Crippen molar-refractivity contribution in [1.29, 1.82) is 0 Å². The van der Waals surface area contributed by atoms with Crippen LogP contribution in [0.5, 0.6) is 0 Å². The van der Waals surface area contributed by atoms with Crippen LogP contribution in [-0.4, -0.2) is 36.3 Å². The average molecular weight is 327 g/mol. The largest absolute Gasteiger partial charge is 0.342 e. The first-order valence-electron chi connectivity index (χ1n) is 6.31. The van der Waals surface area contributed by atoms with Crippen molar-refractivity contribution in [3.05, 3.63) is 28.7 Å². The summed E-state index contributed by atoms with van der Waals surface area (Å²) in [7, 11) is 0. The van der Waals surface area contributed by atoms with Crippen LogP contribution in [0.3, 0.4) is 0 Å². The van der Waals surface area contributed by atoms with E-state index in [-0.39, 0.29) is 18.4 Å². The van der Waals surface area contributed by atoms with E-state index in [1.54, 1.807) is 4.90 Å². The summed E-state index contributed by atoms with van der Waals surface area (Å²) >= 11 is 3.37. The van der Waals surface area contributed by atoms with Gasteiger partial charge in [0.05, 0.1) is 0 Å². The molecule has 0 aliphatic carbocycles. The van der Waals surface area contributed by atoms with Crippen molar-refractivity contribution in [2.24, 2.45) is 0 Å². The molecule has 2 amide bonds. The second-order valence-electron chi connectivity index (χ2n) is 4.15. The van der Waals surface area contributed by atoms with Gasteiger partial charge in [0.2, 0.25) is 11.8 Å². The van der Waals surface area contributed by atoms with Gasteiger partial charge in [-0.2, -0.15) is 0 Å². The maximum atomic E-state index is 12.1. The van der Waals surface area contributed by atoms with Crippen LogP contribution in [0.2, 0.25) is 0 Å². The second-order valence-corrected chi connectivity index (χ2v) is 5.07. The Hall–Kier alpha value is -1.36. The minimum absolute atomic E-state index is 0.0415. The molecule has 0 atom stereocenters. The summed E-state index contributed by atoms with van der Waals surface area (Å²) in [5, 5.41) is 0. The topological polar surface area (TPSA) is 40.6 Å². The highest BCUT2D eigenvalue weighted by Gasteiger charge is 2.18. The van der Waals surface area contributed by atoms with Gasteiger partial charge in [-0.1, -0.05) is 22.0 Å². The van der Waals surface area contributed by atoms with Crippen LogP contribution >= 0.6 is 15.9 Å². The summed E-state index contributed by atoms with van der Waals surface area (Å²) in [6.07, 6.45) is 0. The Kier molecular flexibility index (Phi) is 6.02. The molecule has 0 spiro atoms. The Labute approximate surface area is 122 Å². The molecule has 0 saturated carbocycles. The van der Waals surface area contributed by atoms with Gasteiger partial charge < -0.3 is 9.80 Å². The predicted octanol–water partition coefficient (Wildman–Crippen LogP) is 2.67. The number of carbonyl (C=O) groups is 2. The van der Waals surface area contributed by atoms with Crippen molar-refractivity contribution < 1.29 is 9.59 Å². The Morgan fingerprint density at radius 1 is 1.21 bits per heavy atom. The lowest BCUT2D eigenvalue weighted by molar-refractivity contribution is -0.130. The van der Waals surface area contributed by atoms with Gasteiger partial charge in [0, 0.05) is 30.2 Å². The number of nitrogens with zero attached hydrogens (tertiary/aromatic N) is 2. The fraction of sp³-hybridized carbons (Fsp3) is 0.429. The van der Waals surface area contributed by atoms with E-state index in [9.17, 15) is 9.59 Å². The van der Waals surface area contributed by atoms with E-state index in [1.165, 1.54) is 11.8 Å². The van der Waals surface area contributed by atoms with Crippen LogP contribution in [0.25, 0.3) is 0 Å². The Balaban J connectivity index is 2.91. The summed E-state index contributed by atoms with van der Waals surface area (Å²) < 4.78 is 0.881. The van der Waals surface area contributed by atoms with E-state index in [4.69, 9.17) is 0 Å². The minimum Gasteiger partial charge on any atom is -0.342 e. The van der Waals surface area contributed by atoms with Crippen molar-refractivity contribution >= 4 is 33.4 Å². The van der Waals surface area contributed by atoms with Gasteiger partial charge in [-0.15, -0.1) is 0 Å². The fourth-order valence-corrected chi connectivity index (χ4v) is 2.23. The number of anilines is 1. The van der Waals surface area contributed by atoms with Crippen molar-refractivity contribution in [3.8, 4) is 0 Å². The van der Waals surface area contributed by atoms with E-state index in [1.807, 2.05) is 38.1 Å². The summed E-state index contributed by atoms with van der Waals surface area (Å²) in [5.74, 6) is -0.182. The first-order valence-corrected chi connectivity index (χ1v) is 7.10. The minimum atomic E-state index is -0.140. The van der Waals surface area contributed by atoms with Crippen molar-refractivity contribution in [2.45, 2.75) is 20.8 Å². The normalized spacial score (nSPS) is 10.1. The zero-order chi connectivity index (χ0) is 14.4. The highest BCUT2D eigenvalue weighted by molar-refractivity contribution is 9.10. The van der Waals surface area contributed by atoms with Crippen LogP contribution < -0.4 is 4.90 Å². The third-order valence-corrected chi connectivity index (χ3v) is 3.40. The summed E-state index contributed by atoms with van der Waals surface area (Å²) in [4.78, 5) is 27.0. The maximum Gasteiger partial charge on any atom is 0.242 e. The molecule has 0 aromatic heterocycles. The molecule has 1 rings (SSSR count). The lowest BCUT2D eigenvalue weighted by Gasteiger charge is -2.25. The van der Waals surface area contributed by atoms with Crippen molar-refractivity contribution in [3.63, 3.8) is 0 Å². The monoisotopic (exact) mass is 326 g/mol. The Bertz CT molecular complexity index is 459. The van der Waals surface area contributed by atoms with Crippen LogP contribution in [0, 0.1) is 0 Å². The number of carbonyl (C=O) groups excluding carboxylic acids is 2. The number of likely N-dealkylation sites (N-methyl/N-ethyl adjacent to an activating group) is 1. The molecule has 0 heterocycles. The quantitative estimate of drug-likeness (QED) is 0.834. The van der Waals surface area contributed by atoms with Crippen LogP contribution in [0.4, 0.5) is 5.69 Å². The van der Waals surface area contributed by atoms with Gasteiger partial charge >= 0.3 is 0 Å². The first-order chi connectivity index (χ1) is 8.99. The molecular formula is C14H19BrN2O2. The summed E-state index contributed by atoms with van der Waals surface area (Å²) in [6.45, 7) is 6.71. The van der Waals surface area contributed by atoms with E-state index in [0.29, 0.717) is 13.1 Å². The highest BCUT2D eigenvalue weighted by atomic mass is 79.9. The van der Waals surface area contributed by atoms with Gasteiger partial charge in [0.15, 0.2) is 0 Å². The molecular weight excluding hydrogens is 308 g/mol. The predicted molar refractivity (Wildman–Crippen MR) is 80.1 cm³/mol. The lowest BCUT2D eigenvalue weighted by Crippen LogP contribution is -2.42.